The number of carbonyl (C=O) groups excluding carboxylic acids is 2. The molecule has 1 aliphatic heterocycles. The van der Waals surface area contributed by atoms with E-state index in [1.165, 1.54) is 36.0 Å². The SMILES string of the molecule is CC(C)OC(=O)[C@H](C)NP(=O)(OC[C@H]1O[C@@H]([n+]2cccc(C(N)=O)c2)[C@@H](O)C1O)Oc1ccccc1. The summed E-state index contributed by atoms with van der Waals surface area (Å²) in [7, 11) is -4.20. The van der Waals surface area contributed by atoms with E-state index in [4.69, 9.17) is 24.3 Å². The number of aliphatic hydroxyl groups is 2. The van der Waals surface area contributed by atoms with E-state index >= 15 is 0 Å². The molecule has 0 spiro atoms. The first kappa shape index (κ1) is 27.7. The van der Waals surface area contributed by atoms with E-state index in [0.29, 0.717) is 0 Å². The minimum Gasteiger partial charge on any atom is -0.462 e. The zero-order valence-corrected chi connectivity index (χ0v) is 21.0. The molecule has 6 atom stereocenters. The Balaban J connectivity index is 1.74. The molecule has 1 saturated heterocycles. The number of aromatic nitrogens is 1. The van der Waals surface area contributed by atoms with Gasteiger partial charge in [0.25, 0.3) is 12.1 Å². The van der Waals surface area contributed by atoms with E-state index < -0.39 is 56.8 Å². The van der Waals surface area contributed by atoms with Crippen molar-refractivity contribution in [2.24, 2.45) is 5.73 Å². The number of ether oxygens (including phenoxy) is 2. The lowest BCUT2D eigenvalue weighted by molar-refractivity contribution is -0.765. The highest BCUT2D eigenvalue weighted by Gasteiger charge is 2.49. The summed E-state index contributed by atoms with van der Waals surface area (Å²) in [6.07, 6.45) is -2.50. The number of nitrogens with one attached hydrogen (secondary N) is 1. The monoisotopic (exact) mass is 524 g/mol. The van der Waals surface area contributed by atoms with Crippen molar-refractivity contribution in [2.75, 3.05) is 6.61 Å². The fourth-order valence-electron chi connectivity index (χ4n) is 3.42. The number of nitrogens with zero attached hydrogens (tertiary/aromatic N) is 1. The Bertz CT molecular complexity index is 1100. The summed E-state index contributed by atoms with van der Waals surface area (Å²) in [4.78, 5) is 23.8. The van der Waals surface area contributed by atoms with E-state index in [2.05, 4.69) is 5.09 Å². The Morgan fingerprint density at radius 3 is 2.47 bits per heavy atom. The molecule has 1 aliphatic rings. The molecule has 0 saturated carbocycles. The number of carbonyl (C=O) groups is 2. The van der Waals surface area contributed by atoms with Gasteiger partial charge in [-0.1, -0.05) is 18.2 Å². The van der Waals surface area contributed by atoms with Crippen molar-refractivity contribution in [2.45, 2.75) is 57.5 Å². The molecule has 1 aromatic heterocycles. The maximum atomic E-state index is 13.6. The topological polar surface area (TPSA) is 171 Å². The normalized spacial score (nSPS) is 24.2. The second-order valence-electron chi connectivity index (χ2n) is 8.48. The molecule has 3 rings (SSSR count). The third kappa shape index (κ3) is 7.10. The van der Waals surface area contributed by atoms with Gasteiger partial charge in [0, 0.05) is 6.07 Å². The summed E-state index contributed by atoms with van der Waals surface area (Å²) in [6.45, 7) is 4.34. The molecule has 1 amide bonds. The first-order valence-corrected chi connectivity index (χ1v) is 12.8. The summed E-state index contributed by atoms with van der Waals surface area (Å²) in [6, 6.07) is 10.2. The lowest BCUT2D eigenvalue weighted by Crippen LogP contribution is -2.46. The van der Waals surface area contributed by atoms with Crippen LogP contribution in [0.15, 0.2) is 54.9 Å². The minimum atomic E-state index is -4.20. The van der Waals surface area contributed by atoms with Crippen LogP contribution >= 0.6 is 7.75 Å². The minimum absolute atomic E-state index is 0.176. The van der Waals surface area contributed by atoms with Crippen LogP contribution in [-0.4, -0.2) is 59.2 Å². The predicted octanol–water partition coefficient (Wildman–Crippen LogP) is 0.826. The van der Waals surface area contributed by atoms with Crippen LogP contribution in [0.5, 0.6) is 5.75 Å². The molecule has 5 N–H and O–H groups in total. The van der Waals surface area contributed by atoms with Gasteiger partial charge in [-0.3, -0.25) is 14.1 Å². The number of pyridine rings is 1. The van der Waals surface area contributed by atoms with E-state index in [0.717, 1.165) is 0 Å². The molecule has 2 heterocycles. The van der Waals surface area contributed by atoms with Crippen molar-refractivity contribution >= 4 is 19.6 Å². The van der Waals surface area contributed by atoms with Crippen LogP contribution in [-0.2, 0) is 23.4 Å². The highest BCUT2D eigenvalue weighted by atomic mass is 31.2. The molecule has 0 bridgehead atoms. The van der Waals surface area contributed by atoms with Crippen LogP contribution in [0.1, 0.15) is 37.4 Å². The quantitative estimate of drug-likeness (QED) is 0.187. The van der Waals surface area contributed by atoms with Crippen LogP contribution in [0.2, 0.25) is 0 Å². The Morgan fingerprint density at radius 2 is 1.83 bits per heavy atom. The number of benzene rings is 1. The molecular weight excluding hydrogens is 493 g/mol. The van der Waals surface area contributed by atoms with Crippen LogP contribution in [0.25, 0.3) is 0 Å². The second-order valence-corrected chi connectivity index (χ2v) is 10.2. The van der Waals surface area contributed by atoms with E-state index in [1.807, 2.05) is 0 Å². The lowest BCUT2D eigenvalue weighted by Gasteiger charge is -2.24. The lowest BCUT2D eigenvalue weighted by atomic mass is 10.1. The van der Waals surface area contributed by atoms with Crippen molar-refractivity contribution in [1.82, 2.24) is 5.09 Å². The average molecular weight is 524 g/mol. The largest absolute Gasteiger partial charge is 0.462 e. The van der Waals surface area contributed by atoms with Crippen molar-refractivity contribution in [3.05, 3.63) is 60.4 Å². The summed E-state index contributed by atoms with van der Waals surface area (Å²) in [5.74, 6) is -1.13. The number of para-hydroxylation sites is 1. The number of rotatable bonds is 11. The molecule has 1 fully saturated rings. The van der Waals surface area contributed by atoms with Gasteiger partial charge < -0.3 is 29.9 Å². The molecule has 0 radical (unpaired) electrons. The third-order valence-corrected chi connectivity index (χ3v) is 6.82. The molecular formula is C23H31N3O9P+. The highest BCUT2D eigenvalue weighted by molar-refractivity contribution is 7.52. The molecule has 2 aromatic rings. The van der Waals surface area contributed by atoms with Gasteiger partial charge in [-0.05, 0) is 39.0 Å². The fourth-order valence-corrected chi connectivity index (χ4v) is 4.92. The molecule has 1 aromatic carbocycles. The Labute approximate surface area is 208 Å². The Morgan fingerprint density at radius 1 is 1.14 bits per heavy atom. The van der Waals surface area contributed by atoms with E-state index in [1.54, 1.807) is 44.2 Å². The van der Waals surface area contributed by atoms with Gasteiger partial charge >= 0.3 is 13.7 Å². The van der Waals surface area contributed by atoms with Crippen LogP contribution in [0.3, 0.4) is 0 Å². The van der Waals surface area contributed by atoms with Gasteiger partial charge in [0.1, 0.15) is 29.6 Å². The number of hydrogen-bond acceptors (Lipinski definition) is 9. The maximum absolute atomic E-state index is 13.6. The van der Waals surface area contributed by atoms with Gasteiger partial charge in [-0.25, -0.2) is 4.57 Å². The molecule has 196 valence electrons. The second kappa shape index (κ2) is 11.9. The standard InChI is InChI=1S/C23H30N3O9P/c1-14(2)33-23(30)15(3)25-36(31,35-17-9-5-4-6-10-17)32-13-18-19(27)20(28)22(34-18)26-11-7-8-16(12-26)21(24)29/h4-12,14-15,18-20,22,27-28H,13H2,1-3H3,(H2-,24,25,29,31)/p+1/t15-,18+,19?,20-,22+,36?/m0/s1. The maximum Gasteiger partial charge on any atom is 0.459 e. The number of hydrogen-bond donors (Lipinski definition) is 4. The first-order chi connectivity index (χ1) is 17.0. The number of aliphatic hydroxyl groups excluding tert-OH is 2. The van der Waals surface area contributed by atoms with Crippen LogP contribution < -0.4 is 19.9 Å². The fraction of sp³-hybridized carbons (Fsp3) is 0.435. The van der Waals surface area contributed by atoms with Crippen LogP contribution in [0.4, 0.5) is 0 Å². The zero-order valence-electron chi connectivity index (χ0n) is 20.1. The van der Waals surface area contributed by atoms with Gasteiger partial charge in [0.2, 0.25) is 0 Å². The molecule has 2 unspecified atom stereocenters. The van der Waals surface area contributed by atoms with Crippen molar-refractivity contribution in [3.63, 3.8) is 0 Å². The summed E-state index contributed by atoms with van der Waals surface area (Å²) in [5, 5.41) is 23.6. The Hall–Kier alpha value is -2.86. The summed E-state index contributed by atoms with van der Waals surface area (Å²) >= 11 is 0. The molecule has 0 aliphatic carbocycles. The average Bonchev–Trinajstić information content (AvgIpc) is 3.11. The van der Waals surface area contributed by atoms with E-state index in [9.17, 15) is 24.4 Å². The number of esters is 1. The first-order valence-electron chi connectivity index (χ1n) is 11.3. The third-order valence-electron chi connectivity index (χ3n) is 5.17. The van der Waals surface area contributed by atoms with Crippen molar-refractivity contribution in [3.8, 4) is 5.75 Å². The van der Waals surface area contributed by atoms with Gasteiger partial charge in [-0.15, -0.1) is 0 Å². The van der Waals surface area contributed by atoms with E-state index in [-0.39, 0.29) is 17.4 Å². The van der Waals surface area contributed by atoms with Gasteiger partial charge in [0.15, 0.2) is 18.5 Å². The smallest absolute Gasteiger partial charge is 0.459 e. The summed E-state index contributed by atoms with van der Waals surface area (Å²) < 4.78 is 37.0. The molecule has 12 nitrogen and oxygen atoms in total. The van der Waals surface area contributed by atoms with Crippen molar-refractivity contribution in [1.29, 1.82) is 0 Å². The van der Waals surface area contributed by atoms with Crippen LogP contribution in [0, 0.1) is 0 Å². The molecule has 13 heteroatoms. The summed E-state index contributed by atoms with van der Waals surface area (Å²) in [5.41, 5.74) is 5.48. The van der Waals surface area contributed by atoms with Crippen molar-refractivity contribution < 1.29 is 47.5 Å². The van der Waals surface area contributed by atoms with Gasteiger partial charge in [0.05, 0.1) is 12.7 Å². The number of amides is 1. The van der Waals surface area contributed by atoms with Gasteiger partial charge in [-0.2, -0.15) is 9.65 Å². The zero-order chi connectivity index (χ0) is 26.5. The predicted molar refractivity (Wildman–Crippen MR) is 126 cm³/mol. The molecule has 36 heavy (non-hydrogen) atoms. The Kier molecular flexibility index (Phi) is 9.18. The highest BCUT2D eigenvalue weighted by Crippen LogP contribution is 2.45. The number of nitrogens with two attached hydrogens (primary N) is 1. The number of primary amides is 1.